The van der Waals surface area contributed by atoms with Crippen molar-refractivity contribution >= 4 is 11.3 Å². The number of nitrogens with zero attached hydrogens (tertiary/aromatic N) is 1. The van der Waals surface area contributed by atoms with Gasteiger partial charge in [0.25, 0.3) is 0 Å². The van der Waals surface area contributed by atoms with Crippen LogP contribution >= 0.6 is 11.3 Å². The van der Waals surface area contributed by atoms with Crippen LogP contribution in [0.5, 0.6) is 5.75 Å². The van der Waals surface area contributed by atoms with Crippen molar-refractivity contribution in [3.05, 3.63) is 52.2 Å². The van der Waals surface area contributed by atoms with E-state index in [-0.39, 0.29) is 12.1 Å². The fourth-order valence-electron chi connectivity index (χ4n) is 2.81. The normalized spacial score (nSPS) is 18.7. The maximum absolute atomic E-state index is 6.25. The molecule has 0 aliphatic carbocycles. The minimum atomic E-state index is 0.0962. The lowest BCUT2D eigenvalue weighted by Crippen LogP contribution is -2.39. The number of thiophene rings is 1. The second-order valence-corrected chi connectivity index (χ2v) is 6.23. The number of nitrogens with two attached hydrogens (primary N) is 1. The molecule has 0 bridgehead atoms. The Bertz CT molecular complexity index is 553. The molecule has 1 aliphatic heterocycles. The number of hydrogen-bond donors (Lipinski definition) is 1. The third-order valence-electron chi connectivity index (χ3n) is 3.71. The second-order valence-electron chi connectivity index (χ2n) is 5.25. The molecule has 2 aromatic rings. The van der Waals surface area contributed by atoms with Crippen LogP contribution in [0.2, 0.25) is 0 Å². The third-order valence-corrected chi connectivity index (χ3v) is 4.65. The molecule has 3 rings (SSSR count). The van der Waals surface area contributed by atoms with Gasteiger partial charge in [0.15, 0.2) is 0 Å². The van der Waals surface area contributed by atoms with Crippen LogP contribution in [0.3, 0.4) is 0 Å². The third kappa shape index (κ3) is 2.73. The molecular formula is C16H20N2OS. The van der Waals surface area contributed by atoms with Crippen molar-refractivity contribution in [1.29, 1.82) is 0 Å². The first-order valence-corrected chi connectivity index (χ1v) is 7.87. The molecule has 2 atom stereocenters. The highest BCUT2D eigenvalue weighted by molar-refractivity contribution is 7.10. The van der Waals surface area contributed by atoms with Gasteiger partial charge in [0.05, 0.1) is 6.04 Å². The number of rotatable bonds is 3. The summed E-state index contributed by atoms with van der Waals surface area (Å²) >= 11 is 1.78. The summed E-state index contributed by atoms with van der Waals surface area (Å²) < 4.78 is 5.85. The zero-order valence-corrected chi connectivity index (χ0v) is 12.5. The van der Waals surface area contributed by atoms with Crippen LogP contribution in [0, 0.1) is 0 Å². The highest BCUT2D eigenvalue weighted by Crippen LogP contribution is 2.32. The maximum atomic E-state index is 6.25. The van der Waals surface area contributed by atoms with Crippen LogP contribution in [-0.2, 0) is 6.54 Å². The van der Waals surface area contributed by atoms with Gasteiger partial charge in [-0.3, -0.25) is 4.90 Å². The summed E-state index contributed by atoms with van der Waals surface area (Å²) in [6.45, 7) is 4.59. The molecule has 1 aliphatic rings. The minimum Gasteiger partial charge on any atom is -0.492 e. The van der Waals surface area contributed by atoms with Gasteiger partial charge >= 0.3 is 0 Å². The molecule has 20 heavy (non-hydrogen) atoms. The zero-order chi connectivity index (χ0) is 13.9. The number of para-hydroxylation sites is 1. The molecule has 0 amide bonds. The molecule has 106 valence electrons. The minimum absolute atomic E-state index is 0.0962. The first kappa shape index (κ1) is 13.6. The molecule has 0 saturated carbocycles. The molecule has 3 nitrogen and oxygen atoms in total. The second kappa shape index (κ2) is 5.95. The van der Waals surface area contributed by atoms with Gasteiger partial charge in [-0.05, 0) is 24.4 Å². The largest absolute Gasteiger partial charge is 0.492 e. The SMILES string of the molecule is CC(N)C(c1cccs1)N1CCOc2ccccc2C1. The quantitative estimate of drug-likeness (QED) is 0.943. The Morgan fingerprint density at radius 3 is 2.85 bits per heavy atom. The van der Waals surface area contributed by atoms with Gasteiger partial charge in [-0.25, -0.2) is 0 Å². The van der Waals surface area contributed by atoms with E-state index < -0.39 is 0 Å². The van der Waals surface area contributed by atoms with Crippen molar-refractivity contribution < 1.29 is 4.74 Å². The lowest BCUT2D eigenvalue weighted by molar-refractivity contribution is 0.155. The lowest BCUT2D eigenvalue weighted by atomic mass is 10.1. The van der Waals surface area contributed by atoms with Crippen LogP contribution in [0.1, 0.15) is 23.4 Å². The van der Waals surface area contributed by atoms with Crippen molar-refractivity contribution in [3.63, 3.8) is 0 Å². The molecule has 1 aromatic heterocycles. The Morgan fingerprint density at radius 2 is 2.10 bits per heavy atom. The molecule has 4 heteroatoms. The summed E-state index contributed by atoms with van der Waals surface area (Å²) in [7, 11) is 0. The molecule has 0 spiro atoms. The Labute approximate surface area is 124 Å². The topological polar surface area (TPSA) is 38.5 Å². The van der Waals surface area contributed by atoms with E-state index in [1.54, 1.807) is 11.3 Å². The summed E-state index contributed by atoms with van der Waals surface area (Å²) in [5, 5.41) is 2.12. The Hall–Kier alpha value is -1.36. The first-order valence-electron chi connectivity index (χ1n) is 6.99. The predicted molar refractivity (Wildman–Crippen MR) is 83.1 cm³/mol. The first-order chi connectivity index (χ1) is 9.75. The highest BCUT2D eigenvalue weighted by Gasteiger charge is 2.27. The summed E-state index contributed by atoms with van der Waals surface area (Å²) in [6, 6.07) is 12.9. The summed E-state index contributed by atoms with van der Waals surface area (Å²) in [5.41, 5.74) is 7.50. The summed E-state index contributed by atoms with van der Waals surface area (Å²) in [6.07, 6.45) is 0. The van der Waals surface area contributed by atoms with Gasteiger partial charge in [0.1, 0.15) is 12.4 Å². The van der Waals surface area contributed by atoms with Crippen LogP contribution in [0.25, 0.3) is 0 Å². The number of fused-ring (bicyclic) bond motifs is 1. The van der Waals surface area contributed by atoms with Gasteiger partial charge in [-0.1, -0.05) is 24.3 Å². The molecule has 2 N–H and O–H groups in total. The van der Waals surface area contributed by atoms with E-state index in [4.69, 9.17) is 10.5 Å². The molecule has 2 unspecified atom stereocenters. The Balaban J connectivity index is 1.89. The molecule has 2 heterocycles. The number of benzene rings is 1. The van der Waals surface area contributed by atoms with Crippen LogP contribution in [0.15, 0.2) is 41.8 Å². The average Bonchev–Trinajstić information content (AvgIpc) is 2.85. The Morgan fingerprint density at radius 1 is 1.25 bits per heavy atom. The van der Waals surface area contributed by atoms with Crippen molar-refractivity contribution in [3.8, 4) is 5.75 Å². The molecule has 0 saturated heterocycles. The molecular weight excluding hydrogens is 268 g/mol. The smallest absolute Gasteiger partial charge is 0.123 e. The molecule has 0 fully saturated rings. The number of ether oxygens (including phenoxy) is 1. The number of hydrogen-bond acceptors (Lipinski definition) is 4. The van der Waals surface area contributed by atoms with Crippen molar-refractivity contribution in [2.75, 3.05) is 13.2 Å². The monoisotopic (exact) mass is 288 g/mol. The Kier molecular flexibility index (Phi) is 4.05. The standard InChI is InChI=1S/C16H20N2OS/c1-12(17)16(15-7-4-10-20-15)18-8-9-19-14-6-3-2-5-13(14)11-18/h2-7,10,12,16H,8-9,11,17H2,1H3. The predicted octanol–water partition coefficient (Wildman–Crippen LogP) is 3.03. The van der Waals surface area contributed by atoms with E-state index in [9.17, 15) is 0 Å². The van der Waals surface area contributed by atoms with E-state index in [2.05, 4.69) is 41.5 Å². The van der Waals surface area contributed by atoms with E-state index >= 15 is 0 Å². The average molecular weight is 288 g/mol. The van der Waals surface area contributed by atoms with Gasteiger partial charge in [-0.2, -0.15) is 0 Å². The van der Waals surface area contributed by atoms with Crippen LogP contribution < -0.4 is 10.5 Å². The van der Waals surface area contributed by atoms with Crippen molar-refractivity contribution in [1.82, 2.24) is 4.90 Å². The van der Waals surface area contributed by atoms with Crippen LogP contribution in [0.4, 0.5) is 0 Å². The fraction of sp³-hybridized carbons (Fsp3) is 0.375. The van der Waals surface area contributed by atoms with Gasteiger partial charge < -0.3 is 10.5 Å². The van der Waals surface area contributed by atoms with E-state index in [1.807, 2.05) is 12.1 Å². The highest BCUT2D eigenvalue weighted by atomic mass is 32.1. The van der Waals surface area contributed by atoms with Crippen molar-refractivity contribution in [2.24, 2.45) is 5.73 Å². The zero-order valence-electron chi connectivity index (χ0n) is 11.7. The van der Waals surface area contributed by atoms with Gasteiger partial charge in [0, 0.05) is 29.6 Å². The lowest BCUT2D eigenvalue weighted by Gasteiger charge is -2.32. The van der Waals surface area contributed by atoms with E-state index in [0.717, 1.165) is 18.8 Å². The van der Waals surface area contributed by atoms with Crippen molar-refractivity contribution in [2.45, 2.75) is 25.6 Å². The van der Waals surface area contributed by atoms with E-state index in [0.29, 0.717) is 6.61 Å². The summed E-state index contributed by atoms with van der Waals surface area (Å²) in [5.74, 6) is 1.00. The molecule has 0 radical (unpaired) electrons. The maximum Gasteiger partial charge on any atom is 0.123 e. The molecule has 1 aromatic carbocycles. The van der Waals surface area contributed by atoms with Crippen LogP contribution in [-0.4, -0.2) is 24.1 Å². The summed E-state index contributed by atoms with van der Waals surface area (Å²) in [4.78, 5) is 3.77. The van der Waals surface area contributed by atoms with Gasteiger partial charge in [-0.15, -0.1) is 11.3 Å². The van der Waals surface area contributed by atoms with E-state index in [1.165, 1.54) is 10.4 Å². The van der Waals surface area contributed by atoms with Gasteiger partial charge in [0.2, 0.25) is 0 Å². The fourth-order valence-corrected chi connectivity index (χ4v) is 3.79.